The zero-order valence-electron chi connectivity index (χ0n) is 12.1. The second kappa shape index (κ2) is 7.17. The third-order valence-corrected chi connectivity index (χ3v) is 5.87. The molecule has 8 heteroatoms. The molecule has 0 bridgehead atoms. The molecule has 1 aliphatic carbocycles. The van der Waals surface area contributed by atoms with E-state index in [1.165, 1.54) is 25.1 Å². The van der Waals surface area contributed by atoms with Crippen molar-refractivity contribution in [1.82, 2.24) is 10.0 Å². The van der Waals surface area contributed by atoms with Crippen LogP contribution >= 0.6 is 23.2 Å². The minimum atomic E-state index is -3.92. The van der Waals surface area contributed by atoms with Gasteiger partial charge in [0.05, 0.1) is 11.1 Å². The van der Waals surface area contributed by atoms with E-state index >= 15 is 0 Å². The lowest BCUT2D eigenvalue weighted by Crippen LogP contribution is -2.47. The van der Waals surface area contributed by atoms with E-state index in [9.17, 15) is 13.2 Å². The second-order valence-electron chi connectivity index (χ2n) is 5.41. The molecule has 1 aromatic rings. The van der Waals surface area contributed by atoms with Gasteiger partial charge in [0.25, 0.3) is 0 Å². The summed E-state index contributed by atoms with van der Waals surface area (Å²) < 4.78 is 27.0. The van der Waals surface area contributed by atoms with E-state index in [0.717, 1.165) is 25.7 Å². The lowest BCUT2D eigenvalue weighted by Gasteiger charge is -2.18. The third-order valence-electron chi connectivity index (χ3n) is 3.61. The number of amides is 1. The minimum Gasteiger partial charge on any atom is -0.352 e. The lowest BCUT2D eigenvalue weighted by atomic mass is 10.2. The number of carbonyl (C=O) groups is 1. The van der Waals surface area contributed by atoms with E-state index in [0.29, 0.717) is 0 Å². The highest BCUT2D eigenvalue weighted by Gasteiger charge is 2.26. The maximum Gasteiger partial charge on any atom is 0.242 e. The fourth-order valence-electron chi connectivity index (χ4n) is 2.43. The Morgan fingerprint density at radius 2 is 1.91 bits per heavy atom. The molecule has 0 heterocycles. The van der Waals surface area contributed by atoms with Crippen molar-refractivity contribution in [2.45, 2.75) is 49.6 Å². The number of hydrogen-bond donors (Lipinski definition) is 2. The zero-order chi connectivity index (χ0) is 16.3. The second-order valence-corrected chi connectivity index (χ2v) is 7.93. The lowest BCUT2D eigenvalue weighted by molar-refractivity contribution is -0.123. The Bertz CT molecular complexity index is 658. The summed E-state index contributed by atoms with van der Waals surface area (Å²) >= 11 is 11.7. The van der Waals surface area contributed by atoms with Gasteiger partial charge in [-0.15, -0.1) is 0 Å². The maximum absolute atomic E-state index is 12.3. The van der Waals surface area contributed by atoms with Gasteiger partial charge in [-0.3, -0.25) is 4.79 Å². The van der Waals surface area contributed by atoms with Gasteiger partial charge in [-0.05, 0) is 38.0 Å². The molecule has 2 N–H and O–H groups in total. The van der Waals surface area contributed by atoms with Gasteiger partial charge in [0.2, 0.25) is 15.9 Å². The Kier molecular flexibility index (Phi) is 5.71. The summed E-state index contributed by atoms with van der Waals surface area (Å²) in [6.45, 7) is 1.50. The molecule has 0 saturated heterocycles. The van der Waals surface area contributed by atoms with Gasteiger partial charge in [0.15, 0.2) is 0 Å². The number of benzene rings is 1. The molecule has 5 nitrogen and oxygen atoms in total. The van der Waals surface area contributed by atoms with E-state index in [1.807, 2.05) is 0 Å². The van der Waals surface area contributed by atoms with Crippen LogP contribution in [-0.2, 0) is 14.8 Å². The van der Waals surface area contributed by atoms with Crippen LogP contribution < -0.4 is 10.0 Å². The number of hydrogen-bond acceptors (Lipinski definition) is 3. The number of carbonyl (C=O) groups excluding carboxylic acids is 1. The van der Waals surface area contributed by atoms with E-state index in [2.05, 4.69) is 10.0 Å². The topological polar surface area (TPSA) is 75.3 Å². The van der Waals surface area contributed by atoms with Gasteiger partial charge < -0.3 is 5.32 Å². The SMILES string of the molecule is C[C@@H](NS(=O)(=O)c1cc(Cl)ccc1Cl)C(=O)NC1CCCC1. The number of sulfonamides is 1. The predicted molar refractivity (Wildman–Crippen MR) is 86.6 cm³/mol. The maximum atomic E-state index is 12.3. The highest BCUT2D eigenvalue weighted by Crippen LogP contribution is 2.25. The van der Waals surface area contributed by atoms with Crippen molar-refractivity contribution < 1.29 is 13.2 Å². The monoisotopic (exact) mass is 364 g/mol. The van der Waals surface area contributed by atoms with Gasteiger partial charge in [-0.2, -0.15) is 4.72 Å². The van der Waals surface area contributed by atoms with Crippen LogP contribution in [0.3, 0.4) is 0 Å². The average Bonchev–Trinajstić information content (AvgIpc) is 2.93. The molecule has 1 atom stereocenters. The summed E-state index contributed by atoms with van der Waals surface area (Å²) in [5, 5.41) is 3.17. The molecule has 0 aromatic heterocycles. The first-order chi connectivity index (χ1) is 10.3. The summed E-state index contributed by atoms with van der Waals surface area (Å²) in [5.41, 5.74) is 0. The van der Waals surface area contributed by atoms with Crippen molar-refractivity contribution in [2.24, 2.45) is 0 Å². The molecule has 0 radical (unpaired) electrons. The molecular formula is C14H18Cl2N2O3S. The van der Waals surface area contributed by atoms with Crippen LogP contribution in [0.1, 0.15) is 32.6 Å². The first kappa shape index (κ1) is 17.5. The molecule has 122 valence electrons. The van der Waals surface area contributed by atoms with Gasteiger partial charge in [-0.25, -0.2) is 8.42 Å². The highest BCUT2D eigenvalue weighted by atomic mass is 35.5. The standard InChI is InChI=1S/C14H18Cl2N2O3S/c1-9(14(19)17-11-4-2-3-5-11)18-22(20,21)13-8-10(15)6-7-12(13)16/h6-9,11,18H,2-5H2,1H3,(H,17,19)/t9-/m1/s1. The van der Waals surface area contributed by atoms with Crippen LogP contribution in [0.5, 0.6) is 0 Å². The van der Waals surface area contributed by atoms with E-state index in [4.69, 9.17) is 23.2 Å². The first-order valence-electron chi connectivity index (χ1n) is 7.07. The summed E-state index contributed by atoms with van der Waals surface area (Å²) in [6, 6.07) is 3.41. The van der Waals surface area contributed by atoms with Crippen LogP contribution in [-0.4, -0.2) is 26.4 Å². The van der Waals surface area contributed by atoms with Crippen LogP contribution in [0.25, 0.3) is 0 Å². The fourth-order valence-corrected chi connectivity index (χ4v) is 4.39. The van der Waals surface area contributed by atoms with Gasteiger partial charge in [-0.1, -0.05) is 36.0 Å². The Labute approximate surface area is 140 Å². The van der Waals surface area contributed by atoms with Crippen LogP contribution in [0.2, 0.25) is 10.0 Å². The number of rotatable bonds is 5. The molecule has 2 rings (SSSR count). The minimum absolute atomic E-state index is 0.0558. The highest BCUT2D eigenvalue weighted by molar-refractivity contribution is 7.89. The molecule has 1 aliphatic rings. The smallest absolute Gasteiger partial charge is 0.242 e. The van der Waals surface area contributed by atoms with Crippen LogP contribution in [0.15, 0.2) is 23.1 Å². The molecule has 1 aromatic carbocycles. The molecule has 1 fully saturated rings. The van der Waals surface area contributed by atoms with Gasteiger partial charge in [0.1, 0.15) is 4.90 Å². The first-order valence-corrected chi connectivity index (χ1v) is 9.31. The Morgan fingerprint density at radius 3 is 2.55 bits per heavy atom. The molecular weight excluding hydrogens is 347 g/mol. The summed E-state index contributed by atoms with van der Waals surface area (Å²) in [4.78, 5) is 11.9. The van der Waals surface area contributed by atoms with Gasteiger partial charge in [0, 0.05) is 11.1 Å². The largest absolute Gasteiger partial charge is 0.352 e. The van der Waals surface area contributed by atoms with Crippen molar-refractivity contribution in [3.8, 4) is 0 Å². The third kappa shape index (κ3) is 4.35. The number of halogens is 2. The quantitative estimate of drug-likeness (QED) is 0.843. The van der Waals surface area contributed by atoms with Gasteiger partial charge >= 0.3 is 0 Å². The summed E-state index contributed by atoms with van der Waals surface area (Å²) in [6.07, 6.45) is 4.04. The predicted octanol–water partition coefficient (Wildman–Crippen LogP) is 2.72. The fraction of sp³-hybridized carbons (Fsp3) is 0.500. The average molecular weight is 365 g/mol. The summed E-state index contributed by atoms with van der Waals surface area (Å²) in [5.74, 6) is -0.339. The molecule has 1 saturated carbocycles. The Balaban J connectivity index is 2.07. The van der Waals surface area contributed by atoms with Crippen molar-refractivity contribution in [3.63, 3.8) is 0 Å². The molecule has 22 heavy (non-hydrogen) atoms. The Hall–Kier alpha value is -0.820. The molecule has 1 amide bonds. The van der Waals surface area contributed by atoms with Crippen LogP contribution in [0, 0.1) is 0 Å². The normalized spacial score (nSPS) is 17.4. The molecule has 0 spiro atoms. The van der Waals surface area contributed by atoms with Crippen LogP contribution in [0.4, 0.5) is 0 Å². The van der Waals surface area contributed by atoms with Crippen molar-refractivity contribution in [1.29, 1.82) is 0 Å². The number of nitrogens with one attached hydrogen (secondary N) is 2. The Morgan fingerprint density at radius 1 is 1.27 bits per heavy atom. The van der Waals surface area contributed by atoms with E-state index in [-0.39, 0.29) is 26.9 Å². The molecule has 0 unspecified atom stereocenters. The van der Waals surface area contributed by atoms with Crippen molar-refractivity contribution in [2.75, 3.05) is 0 Å². The van der Waals surface area contributed by atoms with E-state index < -0.39 is 16.1 Å². The van der Waals surface area contributed by atoms with E-state index in [1.54, 1.807) is 0 Å². The van der Waals surface area contributed by atoms with Crippen molar-refractivity contribution >= 4 is 39.1 Å². The van der Waals surface area contributed by atoms with Crippen molar-refractivity contribution in [3.05, 3.63) is 28.2 Å². The zero-order valence-corrected chi connectivity index (χ0v) is 14.4. The molecule has 0 aliphatic heterocycles. The summed E-state index contributed by atoms with van der Waals surface area (Å²) in [7, 11) is -3.92.